The molecule has 0 unspecified atom stereocenters. The quantitative estimate of drug-likeness (QED) is 0.437. The first-order valence-electron chi connectivity index (χ1n) is 9.73. The fourth-order valence-corrected chi connectivity index (χ4v) is 5.06. The van der Waals surface area contributed by atoms with Crippen LogP contribution in [-0.4, -0.2) is 24.4 Å². The van der Waals surface area contributed by atoms with E-state index in [0.29, 0.717) is 6.42 Å². The summed E-state index contributed by atoms with van der Waals surface area (Å²) >= 11 is 1.64. The third-order valence-electron chi connectivity index (χ3n) is 5.16. The van der Waals surface area contributed by atoms with Crippen LogP contribution in [0.2, 0.25) is 0 Å². The van der Waals surface area contributed by atoms with E-state index in [4.69, 9.17) is 4.99 Å². The van der Waals surface area contributed by atoms with Crippen molar-refractivity contribution in [2.45, 2.75) is 6.42 Å². The highest BCUT2D eigenvalue weighted by atomic mass is 32.1. The lowest BCUT2D eigenvalue weighted by atomic mass is 10.0. The molecule has 0 saturated heterocycles. The standard InChI is InChI=1S/C25H18N2O2S/c28-14-13-17-7-6-8-18(15-17)23-25-24(20-11-4-5-12-21(20)30-25)27(22(29)16-26-23)19-9-2-1-3-10-19/h1-12,14-15H,13,16H2. The number of nitrogens with zero attached hydrogens (tertiary/aromatic N) is 2. The number of rotatable bonds is 4. The molecule has 0 radical (unpaired) electrons. The van der Waals surface area contributed by atoms with Gasteiger partial charge in [-0.05, 0) is 29.8 Å². The maximum absolute atomic E-state index is 13.2. The van der Waals surface area contributed by atoms with E-state index in [2.05, 4.69) is 12.1 Å². The maximum Gasteiger partial charge on any atom is 0.253 e. The van der Waals surface area contributed by atoms with Crippen molar-refractivity contribution in [3.05, 3.63) is 94.9 Å². The minimum Gasteiger partial charge on any atom is -0.303 e. The maximum atomic E-state index is 13.2. The molecule has 3 aromatic carbocycles. The monoisotopic (exact) mass is 410 g/mol. The van der Waals surface area contributed by atoms with Gasteiger partial charge in [-0.25, -0.2) is 0 Å². The second-order valence-corrected chi connectivity index (χ2v) is 8.13. The Balaban J connectivity index is 1.76. The van der Waals surface area contributed by atoms with Gasteiger partial charge in [0.1, 0.15) is 12.8 Å². The Morgan fingerprint density at radius 1 is 0.967 bits per heavy atom. The van der Waals surface area contributed by atoms with E-state index in [1.165, 1.54) is 0 Å². The molecule has 1 amide bonds. The van der Waals surface area contributed by atoms with Crippen LogP contribution in [0, 0.1) is 0 Å². The van der Waals surface area contributed by atoms with Gasteiger partial charge in [0.25, 0.3) is 5.91 Å². The summed E-state index contributed by atoms with van der Waals surface area (Å²) in [5, 5.41) is 1.04. The number of aliphatic imine (C=N–C) groups is 1. The number of carbonyl (C=O) groups excluding carboxylic acids is 2. The third kappa shape index (κ3) is 3.13. The van der Waals surface area contributed by atoms with E-state index in [9.17, 15) is 9.59 Å². The van der Waals surface area contributed by atoms with Gasteiger partial charge in [0, 0.05) is 27.8 Å². The largest absolute Gasteiger partial charge is 0.303 e. The van der Waals surface area contributed by atoms with Gasteiger partial charge in [-0.3, -0.25) is 14.7 Å². The number of aldehydes is 1. The fourth-order valence-electron chi connectivity index (χ4n) is 3.84. The third-order valence-corrected chi connectivity index (χ3v) is 6.33. The molecular formula is C25H18N2O2S. The number of carbonyl (C=O) groups is 2. The Labute approximate surface area is 178 Å². The predicted molar refractivity (Wildman–Crippen MR) is 122 cm³/mol. The first-order chi connectivity index (χ1) is 14.8. The minimum atomic E-state index is -0.0648. The molecule has 0 bridgehead atoms. The molecule has 2 heterocycles. The van der Waals surface area contributed by atoms with Crippen molar-refractivity contribution in [3.63, 3.8) is 0 Å². The van der Waals surface area contributed by atoms with Crippen molar-refractivity contribution in [2.75, 3.05) is 11.4 Å². The van der Waals surface area contributed by atoms with E-state index in [0.717, 1.165) is 49.5 Å². The molecule has 0 fully saturated rings. The van der Waals surface area contributed by atoms with Crippen LogP contribution in [0.4, 0.5) is 11.4 Å². The normalized spacial score (nSPS) is 13.7. The molecule has 1 aromatic heterocycles. The van der Waals surface area contributed by atoms with Crippen molar-refractivity contribution in [3.8, 4) is 0 Å². The zero-order chi connectivity index (χ0) is 20.5. The summed E-state index contributed by atoms with van der Waals surface area (Å²) in [6.07, 6.45) is 1.26. The molecule has 4 nitrogen and oxygen atoms in total. The van der Waals surface area contributed by atoms with Crippen LogP contribution in [0.1, 0.15) is 16.0 Å². The zero-order valence-corrected chi connectivity index (χ0v) is 16.9. The number of thiophene rings is 1. The van der Waals surface area contributed by atoms with Crippen LogP contribution in [-0.2, 0) is 16.0 Å². The van der Waals surface area contributed by atoms with Gasteiger partial charge in [-0.2, -0.15) is 0 Å². The van der Waals surface area contributed by atoms with Gasteiger partial charge >= 0.3 is 0 Å². The second kappa shape index (κ2) is 7.69. The van der Waals surface area contributed by atoms with Gasteiger partial charge in [0.2, 0.25) is 0 Å². The Kier molecular flexibility index (Phi) is 4.73. The molecule has 0 spiro atoms. The van der Waals surface area contributed by atoms with Crippen molar-refractivity contribution in [2.24, 2.45) is 4.99 Å². The van der Waals surface area contributed by atoms with Gasteiger partial charge in [-0.1, -0.05) is 54.6 Å². The van der Waals surface area contributed by atoms with Gasteiger partial charge in [0.15, 0.2) is 0 Å². The van der Waals surface area contributed by atoms with Gasteiger partial charge < -0.3 is 4.79 Å². The lowest BCUT2D eigenvalue weighted by Crippen LogP contribution is -2.27. The average Bonchev–Trinajstić information content (AvgIpc) is 3.07. The van der Waals surface area contributed by atoms with E-state index in [-0.39, 0.29) is 12.5 Å². The van der Waals surface area contributed by atoms with Crippen LogP contribution in [0.25, 0.3) is 10.1 Å². The number of fused-ring (bicyclic) bond motifs is 3. The Bertz CT molecular complexity index is 1290. The van der Waals surface area contributed by atoms with Gasteiger partial charge in [-0.15, -0.1) is 11.3 Å². The molecule has 0 N–H and O–H groups in total. The molecule has 0 atom stereocenters. The summed E-state index contributed by atoms with van der Waals surface area (Å²) in [6, 6.07) is 25.7. The van der Waals surface area contributed by atoms with Gasteiger partial charge in [0.05, 0.1) is 16.3 Å². The van der Waals surface area contributed by atoms with Crippen LogP contribution in [0.3, 0.4) is 0 Å². The molecule has 5 rings (SSSR count). The van der Waals surface area contributed by atoms with E-state index in [1.54, 1.807) is 16.2 Å². The molecule has 4 aromatic rings. The lowest BCUT2D eigenvalue weighted by Gasteiger charge is -2.22. The zero-order valence-electron chi connectivity index (χ0n) is 16.1. The van der Waals surface area contributed by atoms with Crippen LogP contribution < -0.4 is 4.90 Å². The van der Waals surface area contributed by atoms with Crippen molar-refractivity contribution in [1.82, 2.24) is 0 Å². The molecule has 0 saturated carbocycles. The first-order valence-corrected chi connectivity index (χ1v) is 10.5. The van der Waals surface area contributed by atoms with E-state index >= 15 is 0 Å². The molecule has 1 aliphatic heterocycles. The summed E-state index contributed by atoms with van der Waals surface area (Å²) in [4.78, 5) is 31.7. The lowest BCUT2D eigenvalue weighted by molar-refractivity contribution is -0.116. The number of para-hydroxylation sites is 1. The van der Waals surface area contributed by atoms with Crippen molar-refractivity contribution >= 4 is 50.7 Å². The highest BCUT2D eigenvalue weighted by molar-refractivity contribution is 7.22. The molecule has 146 valence electrons. The summed E-state index contributed by atoms with van der Waals surface area (Å²) in [5.74, 6) is -0.0648. The Morgan fingerprint density at radius 3 is 2.60 bits per heavy atom. The number of hydrogen-bond acceptors (Lipinski definition) is 4. The topological polar surface area (TPSA) is 49.7 Å². The number of anilines is 2. The van der Waals surface area contributed by atoms with Crippen LogP contribution in [0.15, 0.2) is 83.9 Å². The second-order valence-electron chi connectivity index (χ2n) is 7.08. The summed E-state index contributed by atoms with van der Waals surface area (Å²) in [6.45, 7) is 0.0673. The SMILES string of the molecule is O=CCc1cccc(C2=NCC(=O)N(c3ccccc3)c3c2sc2ccccc32)c1. The predicted octanol–water partition coefficient (Wildman–Crippen LogP) is 5.16. The Morgan fingerprint density at radius 2 is 1.77 bits per heavy atom. The first kappa shape index (κ1) is 18.5. The fraction of sp³-hybridized carbons (Fsp3) is 0.0800. The minimum absolute atomic E-state index is 0.0648. The summed E-state index contributed by atoms with van der Waals surface area (Å²) in [5.41, 5.74) is 4.36. The summed E-state index contributed by atoms with van der Waals surface area (Å²) in [7, 11) is 0. The Hall–Kier alpha value is -3.57. The van der Waals surface area contributed by atoms with Crippen LogP contribution >= 0.6 is 11.3 Å². The van der Waals surface area contributed by atoms with E-state index < -0.39 is 0 Å². The van der Waals surface area contributed by atoms with Crippen molar-refractivity contribution in [1.29, 1.82) is 0 Å². The van der Waals surface area contributed by atoms with Crippen molar-refractivity contribution < 1.29 is 9.59 Å². The van der Waals surface area contributed by atoms with E-state index in [1.807, 2.05) is 66.7 Å². The number of hydrogen-bond donors (Lipinski definition) is 0. The molecular weight excluding hydrogens is 392 g/mol. The van der Waals surface area contributed by atoms with Crippen LogP contribution in [0.5, 0.6) is 0 Å². The average molecular weight is 410 g/mol. The smallest absolute Gasteiger partial charge is 0.253 e. The highest BCUT2D eigenvalue weighted by Gasteiger charge is 2.30. The molecule has 5 heteroatoms. The number of amides is 1. The molecule has 0 aliphatic carbocycles. The summed E-state index contributed by atoms with van der Waals surface area (Å²) < 4.78 is 1.11. The number of benzene rings is 3. The highest BCUT2D eigenvalue weighted by Crippen LogP contribution is 2.43. The molecule has 30 heavy (non-hydrogen) atoms. The molecule has 1 aliphatic rings.